The first kappa shape index (κ1) is 17.0. The fraction of sp³-hybridized carbons (Fsp3) is 0.467. The summed E-state index contributed by atoms with van der Waals surface area (Å²) in [5.41, 5.74) is 0.370. The first-order valence-electron chi connectivity index (χ1n) is 6.70. The summed E-state index contributed by atoms with van der Waals surface area (Å²) >= 11 is 0. The molecule has 0 aliphatic heterocycles. The van der Waals surface area contributed by atoms with Crippen molar-refractivity contribution >= 4 is 11.9 Å². The second-order valence-electron chi connectivity index (χ2n) is 4.96. The number of methoxy groups -OCH3 is 1. The molecule has 116 valence electrons. The standard InChI is InChI=1S/C15H21NO5/c1-10(2)9-21-12-6-4-11(5-7-12)14(18)16-13(8-17)15(19)20-3/h4-7,10,13,17H,8-9H2,1-3H3,(H,16,18). The summed E-state index contributed by atoms with van der Waals surface area (Å²) in [7, 11) is 1.19. The van der Waals surface area contributed by atoms with E-state index < -0.39 is 24.5 Å². The van der Waals surface area contributed by atoms with Gasteiger partial charge in [-0.1, -0.05) is 13.8 Å². The summed E-state index contributed by atoms with van der Waals surface area (Å²) in [6.45, 7) is 4.17. The molecule has 1 aromatic carbocycles. The van der Waals surface area contributed by atoms with Gasteiger partial charge in [0.15, 0.2) is 6.04 Å². The molecule has 0 bridgehead atoms. The van der Waals surface area contributed by atoms with E-state index in [2.05, 4.69) is 10.1 Å². The molecule has 1 amide bonds. The van der Waals surface area contributed by atoms with Gasteiger partial charge in [0, 0.05) is 5.56 Å². The van der Waals surface area contributed by atoms with E-state index in [1.165, 1.54) is 7.11 Å². The summed E-state index contributed by atoms with van der Waals surface area (Å²) in [6, 6.07) is 5.49. The van der Waals surface area contributed by atoms with Crippen LogP contribution in [0, 0.1) is 5.92 Å². The van der Waals surface area contributed by atoms with Crippen LogP contribution in [0.5, 0.6) is 5.75 Å². The number of benzene rings is 1. The van der Waals surface area contributed by atoms with Gasteiger partial charge in [0.1, 0.15) is 5.75 Å². The number of carbonyl (C=O) groups is 2. The van der Waals surface area contributed by atoms with Gasteiger partial charge < -0.3 is 19.9 Å². The first-order valence-corrected chi connectivity index (χ1v) is 6.70. The molecule has 6 nitrogen and oxygen atoms in total. The lowest BCUT2D eigenvalue weighted by molar-refractivity contribution is -0.143. The molecule has 1 aromatic rings. The fourth-order valence-corrected chi connectivity index (χ4v) is 1.53. The van der Waals surface area contributed by atoms with E-state index in [9.17, 15) is 9.59 Å². The Morgan fingerprint density at radius 2 is 1.86 bits per heavy atom. The van der Waals surface area contributed by atoms with Crippen LogP contribution in [0.15, 0.2) is 24.3 Å². The highest BCUT2D eigenvalue weighted by Crippen LogP contribution is 2.13. The molecule has 2 N–H and O–H groups in total. The van der Waals surface area contributed by atoms with E-state index in [0.29, 0.717) is 23.8 Å². The van der Waals surface area contributed by atoms with Crippen LogP contribution in [0.3, 0.4) is 0 Å². The van der Waals surface area contributed by atoms with Crippen molar-refractivity contribution in [2.75, 3.05) is 20.3 Å². The predicted molar refractivity (Wildman–Crippen MR) is 77.1 cm³/mol. The van der Waals surface area contributed by atoms with E-state index in [1.54, 1.807) is 24.3 Å². The topological polar surface area (TPSA) is 84.9 Å². The zero-order valence-corrected chi connectivity index (χ0v) is 12.5. The van der Waals surface area contributed by atoms with Gasteiger partial charge in [-0.25, -0.2) is 4.79 Å². The summed E-state index contributed by atoms with van der Waals surface area (Å²) in [4.78, 5) is 23.2. The van der Waals surface area contributed by atoms with Crippen molar-refractivity contribution in [2.24, 2.45) is 5.92 Å². The molecule has 1 atom stereocenters. The number of hydrogen-bond donors (Lipinski definition) is 2. The maximum atomic E-state index is 11.9. The number of aliphatic hydroxyl groups excluding tert-OH is 1. The Hall–Kier alpha value is -2.08. The van der Waals surface area contributed by atoms with E-state index in [-0.39, 0.29) is 0 Å². The van der Waals surface area contributed by atoms with Crippen molar-refractivity contribution in [3.05, 3.63) is 29.8 Å². The number of carbonyl (C=O) groups excluding carboxylic acids is 2. The molecule has 0 radical (unpaired) electrons. The Kier molecular flexibility index (Phi) is 6.68. The Balaban J connectivity index is 2.64. The average Bonchev–Trinajstić information content (AvgIpc) is 2.50. The average molecular weight is 295 g/mol. The Bertz CT molecular complexity index is 469. The van der Waals surface area contributed by atoms with Crippen LogP contribution in [0.25, 0.3) is 0 Å². The predicted octanol–water partition coefficient (Wildman–Crippen LogP) is 0.985. The van der Waals surface area contributed by atoms with Crippen molar-refractivity contribution in [3.63, 3.8) is 0 Å². The quantitative estimate of drug-likeness (QED) is 0.733. The maximum absolute atomic E-state index is 11.9. The van der Waals surface area contributed by atoms with Crippen LogP contribution in [0.4, 0.5) is 0 Å². The lowest BCUT2D eigenvalue weighted by Gasteiger charge is -2.14. The number of nitrogens with one attached hydrogen (secondary N) is 1. The van der Waals surface area contributed by atoms with E-state index in [0.717, 1.165) is 0 Å². The number of ether oxygens (including phenoxy) is 2. The smallest absolute Gasteiger partial charge is 0.330 e. The van der Waals surface area contributed by atoms with Crippen LogP contribution < -0.4 is 10.1 Å². The normalized spacial score (nSPS) is 11.9. The SMILES string of the molecule is COC(=O)C(CO)NC(=O)c1ccc(OCC(C)C)cc1. The van der Waals surface area contributed by atoms with Crippen molar-refractivity contribution in [2.45, 2.75) is 19.9 Å². The van der Waals surface area contributed by atoms with Crippen LogP contribution in [-0.2, 0) is 9.53 Å². The molecule has 1 rings (SSSR count). The number of hydrogen-bond acceptors (Lipinski definition) is 5. The van der Waals surface area contributed by atoms with Crippen LogP contribution in [0.2, 0.25) is 0 Å². The van der Waals surface area contributed by atoms with Gasteiger partial charge in [-0.15, -0.1) is 0 Å². The minimum Gasteiger partial charge on any atom is -0.493 e. The van der Waals surface area contributed by atoms with Crippen LogP contribution in [0.1, 0.15) is 24.2 Å². The van der Waals surface area contributed by atoms with Gasteiger partial charge in [-0.05, 0) is 30.2 Å². The number of rotatable bonds is 7. The monoisotopic (exact) mass is 295 g/mol. The minimum atomic E-state index is -1.07. The lowest BCUT2D eigenvalue weighted by Crippen LogP contribution is -2.44. The number of aliphatic hydroxyl groups is 1. The summed E-state index contributed by atoms with van der Waals surface area (Å²) < 4.78 is 9.99. The second kappa shape index (κ2) is 8.26. The second-order valence-corrected chi connectivity index (χ2v) is 4.96. The zero-order chi connectivity index (χ0) is 15.8. The Morgan fingerprint density at radius 3 is 2.33 bits per heavy atom. The third-order valence-corrected chi connectivity index (χ3v) is 2.67. The van der Waals surface area contributed by atoms with E-state index >= 15 is 0 Å². The molecule has 0 fully saturated rings. The van der Waals surface area contributed by atoms with Crippen molar-refractivity contribution in [3.8, 4) is 5.75 Å². The Labute approximate surface area is 124 Å². The van der Waals surface area contributed by atoms with Gasteiger partial charge in [0.05, 0.1) is 20.3 Å². The third-order valence-electron chi connectivity index (χ3n) is 2.67. The van der Waals surface area contributed by atoms with Gasteiger partial charge in [-0.3, -0.25) is 4.79 Å². The molecule has 0 spiro atoms. The molecule has 0 saturated heterocycles. The van der Waals surface area contributed by atoms with Gasteiger partial charge in [0.25, 0.3) is 5.91 Å². The molecule has 6 heteroatoms. The maximum Gasteiger partial charge on any atom is 0.330 e. The summed E-state index contributed by atoms with van der Waals surface area (Å²) in [6.07, 6.45) is 0. The zero-order valence-electron chi connectivity index (χ0n) is 12.5. The molecular weight excluding hydrogens is 274 g/mol. The first-order chi connectivity index (χ1) is 9.97. The molecule has 1 unspecified atom stereocenters. The molecule has 0 saturated carbocycles. The Morgan fingerprint density at radius 1 is 1.24 bits per heavy atom. The van der Waals surface area contributed by atoms with Crippen LogP contribution in [-0.4, -0.2) is 43.3 Å². The third kappa shape index (κ3) is 5.43. The highest BCUT2D eigenvalue weighted by atomic mass is 16.5. The molecule has 21 heavy (non-hydrogen) atoms. The molecule has 0 aromatic heterocycles. The molecule has 0 heterocycles. The van der Waals surface area contributed by atoms with E-state index in [1.807, 2.05) is 13.8 Å². The van der Waals surface area contributed by atoms with Crippen molar-refractivity contribution in [1.82, 2.24) is 5.32 Å². The summed E-state index contributed by atoms with van der Waals surface area (Å²) in [5, 5.41) is 11.5. The largest absolute Gasteiger partial charge is 0.493 e. The van der Waals surface area contributed by atoms with Gasteiger partial charge in [-0.2, -0.15) is 0 Å². The number of esters is 1. The van der Waals surface area contributed by atoms with Gasteiger partial charge in [0.2, 0.25) is 0 Å². The van der Waals surface area contributed by atoms with E-state index in [4.69, 9.17) is 9.84 Å². The highest BCUT2D eigenvalue weighted by molar-refractivity contribution is 5.96. The van der Waals surface area contributed by atoms with Gasteiger partial charge >= 0.3 is 5.97 Å². The minimum absolute atomic E-state index is 0.370. The summed E-state index contributed by atoms with van der Waals surface area (Å²) in [5.74, 6) is -0.0668. The van der Waals surface area contributed by atoms with Crippen molar-refractivity contribution in [1.29, 1.82) is 0 Å². The highest BCUT2D eigenvalue weighted by Gasteiger charge is 2.21. The van der Waals surface area contributed by atoms with Crippen molar-refractivity contribution < 1.29 is 24.2 Å². The molecule has 0 aliphatic rings. The molecule has 0 aliphatic carbocycles. The molecular formula is C15H21NO5. The fourth-order valence-electron chi connectivity index (χ4n) is 1.53. The van der Waals surface area contributed by atoms with Crippen LogP contribution >= 0.6 is 0 Å². The number of amides is 1. The lowest BCUT2D eigenvalue weighted by atomic mass is 10.2.